The summed E-state index contributed by atoms with van der Waals surface area (Å²) in [4.78, 5) is 4.31. The lowest BCUT2D eigenvalue weighted by Crippen LogP contribution is -2.28. The van der Waals surface area contributed by atoms with Gasteiger partial charge in [-0.2, -0.15) is 9.78 Å². The van der Waals surface area contributed by atoms with E-state index in [0.29, 0.717) is 5.82 Å². The number of aliphatic imine (C=N–C) groups is 1. The van der Waals surface area contributed by atoms with Crippen LogP contribution in [0.15, 0.2) is 35.3 Å². The van der Waals surface area contributed by atoms with Gasteiger partial charge in [0.1, 0.15) is 5.82 Å². The molecule has 1 aromatic heterocycles. The third kappa shape index (κ3) is 1.84. The number of nitrogen functional groups attached to an aromatic ring is 1. The molecular formula is C13H15N5. The minimum atomic E-state index is 0.596. The molecule has 1 aromatic carbocycles. The van der Waals surface area contributed by atoms with Gasteiger partial charge in [0.05, 0.1) is 12.2 Å². The second-order valence-corrected chi connectivity index (χ2v) is 4.36. The molecule has 1 aliphatic heterocycles. The number of aryl methyl sites for hydroxylation is 1. The molecule has 0 spiro atoms. The number of aromatic nitrogens is 2. The van der Waals surface area contributed by atoms with Crippen LogP contribution in [0, 0.1) is 6.92 Å². The molecule has 92 valence electrons. The van der Waals surface area contributed by atoms with Crippen molar-refractivity contribution >= 4 is 11.8 Å². The first kappa shape index (κ1) is 10.8. The largest absolute Gasteiger partial charge is 0.383 e. The van der Waals surface area contributed by atoms with Crippen LogP contribution in [0.3, 0.4) is 0 Å². The second-order valence-electron chi connectivity index (χ2n) is 4.36. The highest BCUT2D eigenvalue weighted by molar-refractivity contribution is 5.86. The fraction of sp³-hybridized carbons (Fsp3) is 0.231. The Hall–Kier alpha value is -2.30. The zero-order chi connectivity index (χ0) is 12.5. The standard InChI is InChI=1S/C13H15N5/c1-9-2-4-10(5-3-9)11-8-12(14)18(17-11)13-15-6-7-16-13/h2-5,8H,6-7,14H2,1H3,(H,15,16). The smallest absolute Gasteiger partial charge is 0.221 e. The van der Waals surface area contributed by atoms with Gasteiger partial charge in [-0.25, -0.2) is 4.99 Å². The third-order valence-electron chi connectivity index (χ3n) is 2.94. The van der Waals surface area contributed by atoms with Crippen LogP contribution in [-0.4, -0.2) is 28.8 Å². The van der Waals surface area contributed by atoms with Gasteiger partial charge in [-0.05, 0) is 6.92 Å². The van der Waals surface area contributed by atoms with Crippen LogP contribution >= 0.6 is 0 Å². The van der Waals surface area contributed by atoms with E-state index in [-0.39, 0.29) is 0 Å². The first-order chi connectivity index (χ1) is 8.74. The number of nitrogens with one attached hydrogen (secondary N) is 1. The molecule has 0 unspecified atom stereocenters. The van der Waals surface area contributed by atoms with Gasteiger partial charge in [-0.1, -0.05) is 29.8 Å². The Bertz CT molecular complexity index is 594. The maximum absolute atomic E-state index is 5.97. The van der Waals surface area contributed by atoms with Crippen molar-refractivity contribution in [2.24, 2.45) is 4.99 Å². The molecule has 1 aliphatic rings. The molecule has 2 heterocycles. The molecule has 0 aliphatic carbocycles. The van der Waals surface area contributed by atoms with E-state index in [1.807, 2.05) is 18.2 Å². The highest BCUT2D eigenvalue weighted by Gasteiger charge is 2.13. The highest BCUT2D eigenvalue weighted by atomic mass is 15.4. The van der Waals surface area contributed by atoms with Crippen LogP contribution in [0.1, 0.15) is 5.56 Å². The van der Waals surface area contributed by atoms with Crippen molar-refractivity contribution < 1.29 is 0 Å². The van der Waals surface area contributed by atoms with Crippen molar-refractivity contribution in [3.63, 3.8) is 0 Å². The zero-order valence-electron chi connectivity index (χ0n) is 10.2. The third-order valence-corrected chi connectivity index (χ3v) is 2.94. The molecule has 0 saturated heterocycles. The minimum Gasteiger partial charge on any atom is -0.383 e. The molecule has 0 saturated carbocycles. The minimum absolute atomic E-state index is 0.596. The lowest BCUT2D eigenvalue weighted by atomic mass is 10.1. The van der Waals surface area contributed by atoms with Crippen molar-refractivity contribution in [3.05, 3.63) is 35.9 Å². The molecule has 18 heavy (non-hydrogen) atoms. The molecule has 5 nitrogen and oxygen atoms in total. The van der Waals surface area contributed by atoms with Gasteiger partial charge < -0.3 is 11.1 Å². The number of nitrogens with two attached hydrogens (primary N) is 1. The Kier molecular flexibility index (Phi) is 2.51. The number of benzene rings is 1. The lowest BCUT2D eigenvalue weighted by Gasteiger charge is -2.03. The topological polar surface area (TPSA) is 68.2 Å². The number of hydrogen-bond acceptors (Lipinski definition) is 4. The maximum atomic E-state index is 5.97. The van der Waals surface area contributed by atoms with E-state index < -0.39 is 0 Å². The van der Waals surface area contributed by atoms with Crippen LogP contribution in [0.25, 0.3) is 11.3 Å². The van der Waals surface area contributed by atoms with Gasteiger partial charge in [-0.15, -0.1) is 0 Å². The molecule has 2 aromatic rings. The normalized spacial score (nSPS) is 14.4. The summed E-state index contributed by atoms with van der Waals surface area (Å²) in [5.74, 6) is 1.32. The van der Waals surface area contributed by atoms with Gasteiger partial charge in [0.25, 0.3) is 0 Å². The van der Waals surface area contributed by atoms with Crippen LogP contribution in [0.4, 0.5) is 5.82 Å². The van der Waals surface area contributed by atoms with E-state index >= 15 is 0 Å². The summed E-state index contributed by atoms with van der Waals surface area (Å²) < 4.78 is 1.65. The van der Waals surface area contributed by atoms with Crippen LogP contribution in [0.5, 0.6) is 0 Å². The summed E-state index contributed by atoms with van der Waals surface area (Å²) in [5, 5.41) is 7.65. The van der Waals surface area contributed by atoms with Crippen molar-refractivity contribution in [1.29, 1.82) is 0 Å². The summed E-state index contributed by atoms with van der Waals surface area (Å²) in [6, 6.07) is 10.1. The average molecular weight is 241 g/mol. The van der Waals surface area contributed by atoms with Crippen molar-refractivity contribution in [3.8, 4) is 11.3 Å². The Morgan fingerprint density at radius 2 is 2.06 bits per heavy atom. The molecule has 5 heteroatoms. The van der Waals surface area contributed by atoms with Crippen molar-refractivity contribution in [2.45, 2.75) is 6.92 Å². The zero-order valence-corrected chi connectivity index (χ0v) is 10.2. The molecule has 0 bridgehead atoms. The van der Waals surface area contributed by atoms with Crippen molar-refractivity contribution in [2.75, 3.05) is 18.8 Å². The van der Waals surface area contributed by atoms with E-state index in [4.69, 9.17) is 5.73 Å². The molecule has 0 fully saturated rings. The van der Waals surface area contributed by atoms with Crippen LogP contribution in [-0.2, 0) is 0 Å². The van der Waals surface area contributed by atoms with Crippen LogP contribution < -0.4 is 11.1 Å². The summed E-state index contributed by atoms with van der Waals surface area (Å²) >= 11 is 0. The fourth-order valence-corrected chi connectivity index (χ4v) is 1.96. The number of anilines is 1. The average Bonchev–Trinajstić information content (AvgIpc) is 2.99. The number of hydrogen-bond donors (Lipinski definition) is 2. The predicted molar refractivity (Wildman–Crippen MR) is 72.5 cm³/mol. The molecule has 0 radical (unpaired) electrons. The second kappa shape index (κ2) is 4.18. The fourth-order valence-electron chi connectivity index (χ4n) is 1.96. The summed E-state index contributed by atoms with van der Waals surface area (Å²) in [5.41, 5.74) is 9.12. The molecule has 0 atom stereocenters. The Morgan fingerprint density at radius 1 is 1.28 bits per heavy atom. The number of nitrogens with zero attached hydrogens (tertiary/aromatic N) is 3. The van der Waals surface area contributed by atoms with Gasteiger partial charge in [0.15, 0.2) is 0 Å². The van der Waals surface area contributed by atoms with Crippen molar-refractivity contribution in [1.82, 2.24) is 15.1 Å². The number of rotatable bonds is 1. The monoisotopic (exact) mass is 241 g/mol. The maximum Gasteiger partial charge on any atom is 0.221 e. The summed E-state index contributed by atoms with van der Waals surface area (Å²) in [6.07, 6.45) is 0. The highest BCUT2D eigenvalue weighted by Crippen LogP contribution is 2.20. The summed E-state index contributed by atoms with van der Waals surface area (Å²) in [6.45, 7) is 3.68. The van der Waals surface area contributed by atoms with Crippen LogP contribution in [0.2, 0.25) is 0 Å². The molecule has 3 rings (SSSR count). The van der Waals surface area contributed by atoms with Gasteiger partial charge >= 0.3 is 0 Å². The van der Waals surface area contributed by atoms with E-state index in [2.05, 4.69) is 34.5 Å². The van der Waals surface area contributed by atoms with E-state index in [0.717, 1.165) is 30.3 Å². The lowest BCUT2D eigenvalue weighted by molar-refractivity contribution is 0.884. The predicted octanol–water partition coefficient (Wildman–Crippen LogP) is 1.25. The Balaban J connectivity index is 1.99. The van der Waals surface area contributed by atoms with E-state index in [9.17, 15) is 0 Å². The summed E-state index contributed by atoms with van der Waals surface area (Å²) in [7, 11) is 0. The van der Waals surface area contributed by atoms with Gasteiger partial charge in [-0.3, -0.25) is 0 Å². The Labute approximate surface area is 105 Å². The first-order valence-electron chi connectivity index (χ1n) is 5.95. The van der Waals surface area contributed by atoms with E-state index in [1.165, 1.54) is 5.56 Å². The first-order valence-corrected chi connectivity index (χ1v) is 5.95. The van der Waals surface area contributed by atoms with Gasteiger partial charge in [0, 0.05) is 18.2 Å². The van der Waals surface area contributed by atoms with Gasteiger partial charge in [0.2, 0.25) is 5.96 Å². The van der Waals surface area contributed by atoms with E-state index in [1.54, 1.807) is 4.68 Å². The molecular weight excluding hydrogens is 226 g/mol. The molecule has 0 amide bonds. The quantitative estimate of drug-likeness (QED) is 0.789. The Morgan fingerprint density at radius 3 is 2.72 bits per heavy atom. The SMILES string of the molecule is Cc1ccc(-c2cc(N)n(C3=NCCN3)n2)cc1. The molecule has 3 N–H and O–H groups in total.